The van der Waals surface area contributed by atoms with Gasteiger partial charge in [-0.05, 0) is 116 Å². The van der Waals surface area contributed by atoms with Crippen molar-refractivity contribution in [2.45, 2.75) is 19.3 Å². The van der Waals surface area contributed by atoms with Crippen molar-refractivity contribution in [2.24, 2.45) is 0 Å². The molecular formula is C59H40N2O. The molecule has 0 bridgehead atoms. The van der Waals surface area contributed by atoms with Gasteiger partial charge in [-0.15, -0.1) is 0 Å². The third-order valence-electron chi connectivity index (χ3n) is 13.6. The van der Waals surface area contributed by atoms with Crippen molar-refractivity contribution in [2.75, 3.05) is 4.90 Å². The van der Waals surface area contributed by atoms with Crippen molar-refractivity contribution in [3.63, 3.8) is 0 Å². The van der Waals surface area contributed by atoms with Crippen LogP contribution in [0.3, 0.4) is 0 Å². The zero-order chi connectivity index (χ0) is 41.1. The fraction of sp³-hybridized carbons (Fsp3) is 0.0508. The highest BCUT2D eigenvalue weighted by molar-refractivity contribution is 6.18. The van der Waals surface area contributed by atoms with Crippen molar-refractivity contribution in [3.8, 4) is 27.9 Å². The molecule has 0 N–H and O–H groups in total. The predicted molar refractivity (Wildman–Crippen MR) is 261 cm³/mol. The smallest absolute Gasteiger partial charge is 0.136 e. The van der Waals surface area contributed by atoms with Gasteiger partial charge < -0.3 is 13.9 Å². The molecule has 2 heterocycles. The summed E-state index contributed by atoms with van der Waals surface area (Å²) in [5.74, 6) is 0. The minimum atomic E-state index is -0.176. The number of hydrogen-bond acceptors (Lipinski definition) is 2. The second kappa shape index (κ2) is 13.1. The molecule has 0 saturated carbocycles. The average molecular weight is 793 g/mol. The monoisotopic (exact) mass is 792 g/mol. The Labute approximate surface area is 359 Å². The molecule has 13 rings (SSSR count). The van der Waals surface area contributed by atoms with E-state index >= 15 is 0 Å². The van der Waals surface area contributed by atoms with E-state index in [9.17, 15) is 0 Å². The summed E-state index contributed by atoms with van der Waals surface area (Å²) in [6.07, 6.45) is 0. The SMILES string of the molecule is CC1(C)c2ccccc2-c2ccc(N(c3ccc4c5ccccc5n(-c5ccccc5)c4c3)c3ccc4oc5ccccc5c4c3-c3ccc4ccc5ccccc5c4c3)cc21. The number of para-hydroxylation sites is 3. The first-order chi connectivity index (χ1) is 30.5. The van der Waals surface area contributed by atoms with Gasteiger partial charge in [0.2, 0.25) is 0 Å². The van der Waals surface area contributed by atoms with Crippen molar-refractivity contribution in [3.05, 3.63) is 217 Å². The Hall–Kier alpha value is -7.88. The molecule has 1 aliphatic rings. The Balaban J connectivity index is 1.15. The topological polar surface area (TPSA) is 21.3 Å². The van der Waals surface area contributed by atoms with Gasteiger partial charge in [0, 0.05) is 49.6 Å². The Morgan fingerprint density at radius 2 is 1.10 bits per heavy atom. The Bertz CT molecular complexity index is 3790. The molecule has 0 radical (unpaired) electrons. The quantitative estimate of drug-likeness (QED) is 0.162. The van der Waals surface area contributed by atoms with Gasteiger partial charge in [-0.25, -0.2) is 0 Å². The molecule has 0 spiro atoms. The van der Waals surface area contributed by atoms with Gasteiger partial charge in [0.05, 0.1) is 16.7 Å². The van der Waals surface area contributed by atoms with Crippen molar-refractivity contribution in [1.82, 2.24) is 4.57 Å². The van der Waals surface area contributed by atoms with Crippen LogP contribution in [0.4, 0.5) is 17.1 Å². The lowest BCUT2D eigenvalue weighted by Crippen LogP contribution is -2.17. The summed E-state index contributed by atoms with van der Waals surface area (Å²) < 4.78 is 9.09. The third-order valence-corrected chi connectivity index (χ3v) is 13.6. The highest BCUT2D eigenvalue weighted by Gasteiger charge is 2.36. The number of aromatic nitrogens is 1. The van der Waals surface area contributed by atoms with Gasteiger partial charge in [0.1, 0.15) is 11.2 Å². The molecule has 1 aliphatic carbocycles. The Morgan fingerprint density at radius 3 is 1.98 bits per heavy atom. The maximum Gasteiger partial charge on any atom is 0.136 e. The molecule has 0 unspecified atom stereocenters. The Kier molecular flexibility index (Phi) is 7.36. The van der Waals surface area contributed by atoms with Gasteiger partial charge in [0.25, 0.3) is 0 Å². The normalized spacial score (nSPS) is 13.1. The second-order valence-electron chi connectivity index (χ2n) is 17.3. The summed E-state index contributed by atoms with van der Waals surface area (Å²) in [5.41, 5.74) is 15.9. The highest BCUT2D eigenvalue weighted by atomic mass is 16.3. The van der Waals surface area contributed by atoms with E-state index in [4.69, 9.17) is 4.42 Å². The molecular weight excluding hydrogens is 753 g/mol. The molecule has 2 aromatic heterocycles. The molecule has 0 atom stereocenters. The van der Waals surface area contributed by atoms with Crippen LogP contribution in [0.25, 0.3) is 93.2 Å². The lowest BCUT2D eigenvalue weighted by atomic mass is 9.82. The lowest BCUT2D eigenvalue weighted by molar-refractivity contribution is 0.660. The van der Waals surface area contributed by atoms with Gasteiger partial charge >= 0.3 is 0 Å². The number of anilines is 3. The zero-order valence-electron chi connectivity index (χ0n) is 34.4. The van der Waals surface area contributed by atoms with E-state index in [1.54, 1.807) is 0 Å². The first kappa shape index (κ1) is 34.9. The number of furan rings is 1. The van der Waals surface area contributed by atoms with Crippen LogP contribution in [-0.2, 0) is 5.41 Å². The van der Waals surface area contributed by atoms with Gasteiger partial charge in [-0.3, -0.25) is 0 Å². The van der Waals surface area contributed by atoms with Crippen molar-refractivity contribution >= 4 is 82.4 Å². The van der Waals surface area contributed by atoms with Crippen LogP contribution >= 0.6 is 0 Å². The highest BCUT2D eigenvalue weighted by Crippen LogP contribution is 2.53. The summed E-state index contributed by atoms with van der Waals surface area (Å²) in [6.45, 7) is 4.73. The number of nitrogens with zero attached hydrogens (tertiary/aromatic N) is 2. The standard InChI is InChI=1S/C59H40N2O/c1-59(2)50-21-11-8-18-44(50)45-30-28-41(35-51(45)59)60(42-29-31-47-46-19-9-12-22-52(46)61(54(47)36-42)40-15-4-3-5-16-40)53-32-33-56-58(48-20-10-13-23-55(48)62-56)57(53)39-27-26-38-25-24-37-14-6-7-17-43(37)49(38)34-39/h3-36H,1-2H3. The van der Waals surface area contributed by atoms with E-state index in [2.05, 4.69) is 230 Å². The lowest BCUT2D eigenvalue weighted by Gasteiger charge is -2.30. The summed E-state index contributed by atoms with van der Waals surface area (Å²) in [4.78, 5) is 2.50. The average Bonchev–Trinajstić information content (AvgIpc) is 3.94. The van der Waals surface area contributed by atoms with Crippen LogP contribution in [-0.4, -0.2) is 4.57 Å². The van der Waals surface area contributed by atoms with Crippen LogP contribution in [0.1, 0.15) is 25.0 Å². The fourth-order valence-electron chi connectivity index (χ4n) is 10.7. The van der Waals surface area contributed by atoms with Crippen molar-refractivity contribution < 1.29 is 4.42 Å². The summed E-state index contributed by atoms with van der Waals surface area (Å²) in [5, 5.41) is 9.58. The van der Waals surface area contributed by atoms with Gasteiger partial charge in [0.15, 0.2) is 0 Å². The number of benzene rings is 10. The van der Waals surface area contributed by atoms with Crippen LogP contribution in [0, 0.1) is 0 Å². The molecule has 12 aromatic rings. The molecule has 0 saturated heterocycles. The predicted octanol–water partition coefficient (Wildman–Crippen LogP) is 16.4. The molecule has 292 valence electrons. The number of fused-ring (bicyclic) bond motifs is 12. The molecule has 0 fully saturated rings. The second-order valence-corrected chi connectivity index (χ2v) is 17.3. The van der Waals surface area contributed by atoms with Gasteiger partial charge in [-0.2, -0.15) is 0 Å². The fourth-order valence-corrected chi connectivity index (χ4v) is 10.7. The first-order valence-electron chi connectivity index (χ1n) is 21.5. The molecule has 10 aromatic carbocycles. The minimum absolute atomic E-state index is 0.176. The molecule has 3 heteroatoms. The third kappa shape index (κ3) is 5.00. The van der Waals surface area contributed by atoms with E-state index in [1.807, 2.05) is 0 Å². The molecule has 62 heavy (non-hydrogen) atoms. The number of hydrogen-bond donors (Lipinski definition) is 0. The van der Waals surface area contributed by atoms with E-state index in [0.29, 0.717) is 0 Å². The van der Waals surface area contributed by atoms with E-state index < -0.39 is 0 Å². The van der Waals surface area contributed by atoms with E-state index in [0.717, 1.165) is 61.3 Å². The summed E-state index contributed by atoms with van der Waals surface area (Å²) in [6, 6.07) is 75.6. The van der Waals surface area contributed by atoms with Crippen LogP contribution in [0.5, 0.6) is 0 Å². The summed E-state index contributed by atoms with van der Waals surface area (Å²) in [7, 11) is 0. The maximum absolute atomic E-state index is 6.68. The van der Waals surface area contributed by atoms with Crippen LogP contribution in [0.15, 0.2) is 211 Å². The van der Waals surface area contributed by atoms with Crippen LogP contribution in [0.2, 0.25) is 0 Å². The summed E-state index contributed by atoms with van der Waals surface area (Å²) >= 11 is 0. The van der Waals surface area contributed by atoms with Gasteiger partial charge in [-0.1, -0.05) is 153 Å². The number of rotatable bonds is 5. The van der Waals surface area contributed by atoms with E-state index in [1.165, 1.54) is 60.1 Å². The minimum Gasteiger partial charge on any atom is -0.456 e. The molecule has 3 nitrogen and oxygen atoms in total. The van der Waals surface area contributed by atoms with Crippen molar-refractivity contribution in [1.29, 1.82) is 0 Å². The largest absolute Gasteiger partial charge is 0.456 e. The maximum atomic E-state index is 6.68. The Morgan fingerprint density at radius 1 is 0.435 bits per heavy atom. The first-order valence-corrected chi connectivity index (χ1v) is 21.5. The molecule has 0 amide bonds. The zero-order valence-corrected chi connectivity index (χ0v) is 34.4. The van der Waals surface area contributed by atoms with E-state index in [-0.39, 0.29) is 5.41 Å². The molecule has 0 aliphatic heterocycles. The van der Waals surface area contributed by atoms with Crippen LogP contribution < -0.4 is 4.90 Å².